The minimum absolute atomic E-state index is 0.162. The molecule has 0 aliphatic heterocycles. The molecule has 3 rings (SSSR count). The molecule has 0 saturated carbocycles. The Morgan fingerprint density at radius 3 is 2.06 bits per heavy atom. The number of hydrogen-bond donors (Lipinski definition) is 1. The molecule has 3 nitrogen and oxygen atoms in total. The minimum atomic E-state index is -0.399. The van der Waals surface area contributed by atoms with E-state index in [4.69, 9.17) is 9.84 Å². The van der Waals surface area contributed by atoms with Crippen LogP contribution < -0.4 is 0 Å². The zero-order valence-electron chi connectivity index (χ0n) is 18.4. The summed E-state index contributed by atoms with van der Waals surface area (Å²) < 4.78 is 5.22. The molecular weight excluding hydrogens is 396 g/mol. The quantitative estimate of drug-likeness (QED) is 0.234. The molecule has 3 aromatic carbocycles. The highest BCUT2D eigenvalue weighted by Gasteiger charge is 2.09. The van der Waals surface area contributed by atoms with E-state index in [2.05, 4.69) is 79.9 Å². The number of aryl methyl sites for hydroxylation is 1. The number of allylic oxidation sites excluding steroid dienone is 1. The molecule has 0 aromatic heterocycles. The molecule has 0 spiro atoms. The van der Waals surface area contributed by atoms with Gasteiger partial charge in [-0.3, -0.25) is 0 Å². The highest BCUT2D eigenvalue weighted by molar-refractivity contribution is 5.81. The van der Waals surface area contributed by atoms with Crippen molar-refractivity contribution in [3.8, 4) is 22.3 Å². The number of carbonyl (C=O) groups excluding carboxylic acids is 1. The fraction of sp³-hybridized carbons (Fsp3) is 0.207. The highest BCUT2D eigenvalue weighted by atomic mass is 16.5. The molecule has 1 N–H and O–H groups in total. The van der Waals surface area contributed by atoms with Crippen LogP contribution in [-0.4, -0.2) is 24.3 Å². The molecule has 0 atom stereocenters. The summed E-state index contributed by atoms with van der Waals surface area (Å²) in [6, 6.07) is 23.3. The second-order valence-corrected chi connectivity index (χ2v) is 7.69. The molecule has 0 bridgehead atoms. The standard InChI is InChI=1S/C29H30O3/c1-3-5-6-23-9-16-28(27(21-23)18-20-32-29(31)4-2)26-14-12-25(13-15-26)24-10-7-22(8-11-24)17-19-30/h3-4,7-16,21,30H,1-2,5-6,17-20H2. The van der Waals surface area contributed by atoms with Gasteiger partial charge < -0.3 is 9.84 Å². The van der Waals surface area contributed by atoms with Crippen molar-refractivity contribution in [3.63, 3.8) is 0 Å². The number of benzene rings is 3. The van der Waals surface area contributed by atoms with Crippen molar-refractivity contribution in [1.29, 1.82) is 0 Å². The molecule has 3 heteroatoms. The number of carbonyl (C=O) groups is 1. The Labute approximate surface area is 190 Å². The van der Waals surface area contributed by atoms with Gasteiger partial charge in [-0.1, -0.05) is 79.4 Å². The Bertz CT molecular complexity index is 1050. The number of aliphatic hydroxyl groups is 1. The van der Waals surface area contributed by atoms with Gasteiger partial charge >= 0.3 is 5.97 Å². The van der Waals surface area contributed by atoms with E-state index in [0.717, 1.165) is 46.2 Å². The number of esters is 1. The maximum Gasteiger partial charge on any atom is 0.330 e. The predicted molar refractivity (Wildman–Crippen MR) is 131 cm³/mol. The van der Waals surface area contributed by atoms with Crippen LogP contribution in [0.15, 0.2) is 92.0 Å². The smallest absolute Gasteiger partial charge is 0.330 e. The first-order chi connectivity index (χ1) is 15.6. The summed E-state index contributed by atoms with van der Waals surface area (Å²) in [6.07, 6.45) is 6.30. The van der Waals surface area contributed by atoms with Crippen molar-refractivity contribution in [2.24, 2.45) is 0 Å². The van der Waals surface area contributed by atoms with Gasteiger partial charge in [0.25, 0.3) is 0 Å². The maximum absolute atomic E-state index is 11.4. The Kier molecular flexibility index (Phi) is 8.59. The summed E-state index contributed by atoms with van der Waals surface area (Å²) in [5.74, 6) is -0.399. The lowest BCUT2D eigenvalue weighted by Gasteiger charge is -2.13. The third kappa shape index (κ3) is 6.29. The highest BCUT2D eigenvalue weighted by Crippen LogP contribution is 2.29. The summed E-state index contributed by atoms with van der Waals surface area (Å²) in [5, 5.41) is 9.09. The zero-order chi connectivity index (χ0) is 22.8. The van der Waals surface area contributed by atoms with E-state index in [1.54, 1.807) is 0 Å². The van der Waals surface area contributed by atoms with Crippen LogP contribution in [0.25, 0.3) is 22.3 Å². The number of aliphatic hydroxyl groups excluding tert-OH is 1. The van der Waals surface area contributed by atoms with Gasteiger partial charge in [0, 0.05) is 19.1 Å². The van der Waals surface area contributed by atoms with Crippen LogP contribution in [0, 0.1) is 0 Å². The second-order valence-electron chi connectivity index (χ2n) is 7.69. The van der Waals surface area contributed by atoms with Crippen LogP contribution >= 0.6 is 0 Å². The number of ether oxygens (including phenoxy) is 1. The van der Waals surface area contributed by atoms with Gasteiger partial charge in [-0.25, -0.2) is 4.79 Å². The molecule has 0 amide bonds. The molecule has 0 unspecified atom stereocenters. The third-order valence-electron chi connectivity index (χ3n) is 5.47. The van der Waals surface area contributed by atoms with Gasteiger partial charge in [-0.15, -0.1) is 6.58 Å². The Morgan fingerprint density at radius 2 is 1.44 bits per heavy atom. The zero-order valence-corrected chi connectivity index (χ0v) is 18.4. The first-order valence-electron chi connectivity index (χ1n) is 11.0. The maximum atomic E-state index is 11.4. The summed E-state index contributed by atoms with van der Waals surface area (Å²) in [6.45, 7) is 7.74. The summed E-state index contributed by atoms with van der Waals surface area (Å²) >= 11 is 0. The summed E-state index contributed by atoms with van der Waals surface area (Å²) in [5.41, 5.74) is 8.11. The van der Waals surface area contributed by atoms with Crippen molar-refractivity contribution in [2.75, 3.05) is 13.2 Å². The lowest BCUT2D eigenvalue weighted by atomic mass is 9.93. The number of rotatable bonds is 11. The largest absolute Gasteiger partial charge is 0.462 e. The van der Waals surface area contributed by atoms with Crippen molar-refractivity contribution < 1.29 is 14.6 Å². The molecule has 164 valence electrons. The normalized spacial score (nSPS) is 10.5. The first-order valence-corrected chi connectivity index (χ1v) is 11.0. The van der Waals surface area contributed by atoms with E-state index in [-0.39, 0.29) is 6.61 Å². The van der Waals surface area contributed by atoms with Crippen LogP contribution in [0.2, 0.25) is 0 Å². The summed E-state index contributed by atoms with van der Waals surface area (Å²) in [7, 11) is 0. The molecule has 0 radical (unpaired) electrons. The Balaban J connectivity index is 1.83. The van der Waals surface area contributed by atoms with Crippen molar-refractivity contribution >= 4 is 5.97 Å². The van der Waals surface area contributed by atoms with Gasteiger partial charge in [0.1, 0.15) is 0 Å². The van der Waals surface area contributed by atoms with E-state index in [1.807, 2.05) is 6.08 Å². The Morgan fingerprint density at radius 1 is 0.812 bits per heavy atom. The van der Waals surface area contributed by atoms with Crippen LogP contribution in [0.4, 0.5) is 0 Å². The van der Waals surface area contributed by atoms with E-state index < -0.39 is 5.97 Å². The lowest BCUT2D eigenvalue weighted by Crippen LogP contribution is -2.05. The van der Waals surface area contributed by atoms with Crippen molar-refractivity contribution in [1.82, 2.24) is 0 Å². The Hall–Kier alpha value is -3.43. The van der Waals surface area contributed by atoms with Gasteiger partial charge in [0.05, 0.1) is 6.61 Å². The average molecular weight is 427 g/mol. The van der Waals surface area contributed by atoms with Gasteiger partial charge in [0.2, 0.25) is 0 Å². The van der Waals surface area contributed by atoms with E-state index >= 15 is 0 Å². The topological polar surface area (TPSA) is 46.5 Å². The van der Waals surface area contributed by atoms with Crippen molar-refractivity contribution in [3.05, 3.63) is 109 Å². The summed E-state index contributed by atoms with van der Waals surface area (Å²) in [4.78, 5) is 11.4. The van der Waals surface area contributed by atoms with E-state index in [1.165, 1.54) is 11.6 Å². The lowest BCUT2D eigenvalue weighted by molar-refractivity contribution is -0.137. The van der Waals surface area contributed by atoms with Crippen LogP contribution in [-0.2, 0) is 28.8 Å². The van der Waals surface area contributed by atoms with Crippen LogP contribution in [0.3, 0.4) is 0 Å². The van der Waals surface area contributed by atoms with E-state index in [0.29, 0.717) is 19.4 Å². The van der Waals surface area contributed by atoms with Crippen molar-refractivity contribution in [2.45, 2.75) is 25.7 Å². The minimum Gasteiger partial charge on any atom is -0.462 e. The monoisotopic (exact) mass is 426 g/mol. The fourth-order valence-corrected chi connectivity index (χ4v) is 3.72. The first kappa shape index (κ1) is 23.2. The molecule has 32 heavy (non-hydrogen) atoms. The van der Waals surface area contributed by atoms with E-state index in [9.17, 15) is 4.79 Å². The number of hydrogen-bond acceptors (Lipinski definition) is 3. The third-order valence-corrected chi connectivity index (χ3v) is 5.47. The molecule has 0 aliphatic carbocycles. The average Bonchev–Trinajstić information content (AvgIpc) is 2.83. The van der Waals surface area contributed by atoms with Crippen LogP contribution in [0.5, 0.6) is 0 Å². The van der Waals surface area contributed by atoms with Crippen LogP contribution in [0.1, 0.15) is 23.1 Å². The van der Waals surface area contributed by atoms with Gasteiger partial charge in [-0.2, -0.15) is 0 Å². The fourth-order valence-electron chi connectivity index (χ4n) is 3.72. The second kappa shape index (κ2) is 11.8. The van der Waals surface area contributed by atoms with Gasteiger partial charge in [0.15, 0.2) is 0 Å². The molecule has 0 heterocycles. The van der Waals surface area contributed by atoms with Gasteiger partial charge in [-0.05, 0) is 58.2 Å². The predicted octanol–water partition coefficient (Wildman–Crippen LogP) is 5.95. The molecule has 3 aromatic rings. The molecule has 0 aliphatic rings. The molecular formula is C29H30O3. The molecule has 0 fully saturated rings. The SMILES string of the molecule is C=CCCc1ccc(-c2ccc(-c3ccc(CCO)cc3)cc2)c(CCOC(=O)C=C)c1. The molecule has 0 saturated heterocycles.